The Kier molecular flexibility index (Phi) is 6.93. The lowest BCUT2D eigenvalue weighted by Gasteiger charge is -2.19. The van der Waals surface area contributed by atoms with Gasteiger partial charge in [-0.2, -0.15) is 13.2 Å². The molecule has 0 radical (unpaired) electrons. The van der Waals surface area contributed by atoms with E-state index in [9.17, 15) is 27.6 Å². The summed E-state index contributed by atoms with van der Waals surface area (Å²) in [7, 11) is 1.43. The number of anilines is 2. The molecule has 0 saturated carbocycles. The molecule has 0 spiro atoms. The van der Waals surface area contributed by atoms with Crippen LogP contribution in [0.4, 0.5) is 24.5 Å². The molecule has 1 aliphatic rings. The number of methoxy groups -OCH3 is 1. The van der Waals surface area contributed by atoms with Crippen LogP contribution in [0.3, 0.4) is 0 Å². The van der Waals surface area contributed by atoms with Gasteiger partial charge in [-0.25, -0.2) is 0 Å². The number of carbonyl (C=O) groups excluding carboxylic acids is 3. The minimum absolute atomic E-state index is 0.0209. The monoisotopic (exact) mass is 470 g/mol. The van der Waals surface area contributed by atoms with E-state index in [4.69, 9.17) is 21.1 Å². The SMILES string of the molecule is COc1ccc(Cl)cc1N1C[C@@H](C(=O)OCC(=O)Nc2ccccc2C(F)(F)F)CC1=O. The summed E-state index contributed by atoms with van der Waals surface area (Å²) >= 11 is 5.99. The smallest absolute Gasteiger partial charge is 0.418 e. The Bertz CT molecular complexity index is 1040. The lowest BCUT2D eigenvalue weighted by Crippen LogP contribution is -2.28. The number of benzene rings is 2. The van der Waals surface area contributed by atoms with Crippen molar-refractivity contribution in [3.05, 3.63) is 53.1 Å². The van der Waals surface area contributed by atoms with Crippen LogP contribution in [0.5, 0.6) is 5.75 Å². The summed E-state index contributed by atoms with van der Waals surface area (Å²) in [5, 5.41) is 2.45. The highest BCUT2D eigenvalue weighted by Gasteiger charge is 2.38. The highest BCUT2D eigenvalue weighted by molar-refractivity contribution is 6.31. The lowest BCUT2D eigenvalue weighted by molar-refractivity contribution is -0.151. The minimum atomic E-state index is -4.66. The first kappa shape index (κ1) is 23.4. The second-order valence-corrected chi connectivity index (χ2v) is 7.36. The summed E-state index contributed by atoms with van der Waals surface area (Å²) in [6.07, 6.45) is -4.82. The van der Waals surface area contributed by atoms with Crippen molar-refractivity contribution in [1.82, 2.24) is 0 Å². The Hall–Kier alpha value is -3.27. The maximum atomic E-state index is 13.0. The van der Waals surface area contributed by atoms with Crippen molar-refractivity contribution in [1.29, 1.82) is 0 Å². The maximum absolute atomic E-state index is 13.0. The molecule has 2 aromatic carbocycles. The van der Waals surface area contributed by atoms with Gasteiger partial charge in [0, 0.05) is 18.0 Å². The average molecular weight is 471 g/mol. The number of amides is 2. The average Bonchev–Trinajstić information content (AvgIpc) is 3.13. The summed E-state index contributed by atoms with van der Waals surface area (Å²) < 4.78 is 49.2. The van der Waals surface area contributed by atoms with Gasteiger partial charge in [0.2, 0.25) is 5.91 Å². The van der Waals surface area contributed by atoms with E-state index in [0.717, 1.165) is 12.1 Å². The fourth-order valence-electron chi connectivity index (χ4n) is 3.25. The normalized spacial score (nSPS) is 16.1. The van der Waals surface area contributed by atoms with Crippen molar-refractivity contribution in [2.45, 2.75) is 12.6 Å². The molecule has 0 bridgehead atoms. The number of hydrogen-bond acceptors (Lipinski definition) is 5. The van der Waals surface area contributed by atoms with E-state index in [1.165, 1.54) is 30.2 Å². The fourth-order valence-corrected chi connectivity index (χ4v) is 3.42. The van der Waals surface area contributed by atoms with Gasteiger partial charge in [-0.3, -0.25) is 14.4 Å². The van der Waals surface area contributed by atoms with Crippen LogP contribution in [0.15, 0.2) is 42.5 Å². The van der Waals surface area contributed by atoms with Crippen molar-refractivity contribution < 1.29 is 37.0 Å². The predicted molar refractivity (Wildman–Crippen MR) is 109 cm³/mol. The molecule has 3 rings (SSSR count). The Morgan fingerprint density at radius 2 is 1.94 bits per heavy atom. The van der Waals surface area contributed by atoms with Gasteiger partial charge >= 0.3 is 12.1 Å². The highest BCUT2D eigenvalue weighted by Crippen LogP contribution is 2.36. The number of alkyl halides is 3. The zero-order valence-electron chi connectivity index (χ0n) is 16.7. The number of halogens is 4. The van der Waals surface area contributed by atoms with Crippen molar-refractivity contribution in [3.63, 3.8) is 0 Å². The Balaban J connectivity index is 1.60. The first-order chi connectivity index (χ1) is 15.1. The standard InChI is InChI=1S/C21H18ClF3N2O5/c1-31-17-7-6-13(22)9-16(17)27-10-12(8-19(27)29)20(30)32-11-18(28)26-15-5-3-2-4-14(15)21(23,24)25/h2-7,9,12H,8,10-11H2,1H3,(H,26,28)/t12-/m0/s1. The number of esters is 1. The molecule has 1 heterocycles. The van der Waals surface area contributed by atoms with E-state index >= 15 is 0 Å². The summed E-state index contributed by atoms with van der Waals surface area (Å²) in [6.45, 7) is -0.816. The molecular weight excluding hydrogens is 453 g/mol. The van der Waals surface area contributed by atoms with Crippen molar-refractivity contribution in [2.24, 2.45) is 5.92 Å². The summed E-state index contributed by atoms with van der Waals surface area (Å²) in [5.74, 6) is -2.59. The molecule has 170 valence electrons. The highest BCUT2D eigenvalue weighted by atomic mass is 35.5. The first-order valence-corrected chi connectivity index (χ1v) is 9.74. The molecule has 1 saturated heterocycles. The second-order valence-electron chi connectivity index (χ2n) is 6.92. The van der Waals surface area contributed by atoms with Gasteiger partial charge in [-0.15, -0.1) is 0 Å². The number of carbonyl (C=O) groups is 3. The van der Waals surface area contributed by atoms with E-state index in [1.54, 1.807) is 12.1 Å². The van der Waals surface area contributed by atoms with Crippen molar-refractivity contribution >= 4 is 40.8 Å². The van der Waals surface area contributed by atoms with Gasteiger partial charge in [0.15, 0.2) is 6.61 Å². The van der Waals surface area contributed by atoms with E-state index in [-0.39, 0.29) is 18.9 Å². The minimum Gasteiger partial charge on any atom is -0.495 e. The van der Waals surface area contributed by atoms with Crippen LogP contribution in [-0.2, 0) is 25.3 Å². The van der Waals surface area contributed by atoms with Gasteiger partial charge in [-0.1, -0.05) is 23.7 Å². The number of hydrogen-bond donors (Lipinski definition) is 1. The molecular formula is C21H18ClF3N2O5. The molecule has 1 aliphatic heterocycles. The Labute approximate surface area is 186 Å². The van der Waals surface area contributed by atoms with E-state index in [2.05, 4.69) is 5.32 Å². The lowest BCUT2D eigenvalue weighted by atomic mass is 10.1. The van der Waals surface area contributed by atoms with Crippen LogP contribution in [-0.4, -0.2) is 38.0 Å². The van der Waals surface area contributed by atoms with Gasteiger partial charge in [-0.05, 0) is 30.3 Å². The summed E-state index contributed by atoms with van der Waals surface area (Å²) in [4.78, 5) is 38.1. The molecule has 1 fully saturated rings. The molecule has 1 atom stereocenters. The second kappa shape index (κ2) is 9.47. The molecule has 0 aliphatic carbocycles. The molecule has 0 aromatic heterocycles. The number of nitrogens with one attached hydrogen (secondary N) is 1. The largest absolute Gasteiger partial charge is 0.495 e. The van der Waals surface area contributed by atoms with E-state index in [1.807, 2.05) is 0 Å². The Morgan fingerprint density at radius 3 is 2.62 bits per heavy atom. The third-order valence-corrected chi connectivity index (χ3v) is 4.98. The van der Waals surface area contributed by atoms with Crippen LogP contribution >= 0.6 is 11.6 Å². The van der Waals surface area contributed by atoms with Gasteiger partial charge in [0.1, 0.15) is 5.75 Å². The van der Waals surface area contributed by atoms with E-state index < -0.39 is 41.8 Å². The molecule has 1 N–H and O–H groups in total. The zero-order chi connectivity index (χ0) is 23.5. The predicted octanol–water partition coefficient (Wildman–Crippen LogP) is 3.90. The van der Waals surface area contributed by atoms with Crippen LogP contribution in [0.1, 0.15) is 12.0 Å². The number of para-hydroxylation sites is 1. The number of ether oxygens (including phenoxy) is 2. The molecule has 2 aromatic rings. The van der Waals surface area contributed by atoms with Crippen LogP contribution in [0.2, 0.25) is 5.02 Å². The third kappa shape index (κ3) is 5.31. The van der Waals surface area contributed by atoms with Gasteiger partial charge < -0.3 is 19.7 Å². The number of rotatable bonds is 6. The molecule has 11 heteroatoms. The molecule has 2 amide bonds. The fraction of sp³-hybridized carbons (Fsp3) is 0.286. The van der Waals surface area contributed by atoms with Gasteiger partial charge in [0.05, 0.1) is 30.0 Å². The third-order valence-electron chi connectivity index (χ3n) is 4.74. The molecule has 32 heavy (non-hydrogen) atoms. The summed E-state index contributed by atoms with van der Waals surface area (Å²) in [5.41, 5.74) is -1.08. The molecule has 0 unspecified atom stereocenters. The van der Waals surface area contributed by atoms with E-state index in [0.29, 0.717) is 16.5 Å². The topological polar surface area (TPSA) is 84.9 Å². The summed E-state index contributed by atoms with van der Waals surface area (Å²) in [6, 6.07) is 9.14. The first-order valence-electron chi connectivity index (χ1n) is 9.36. The van der Waals surface area contributed by atoms with Gasteiger partial charge in [0.25, 0.3) is 5.91 Å². The quantitative estimate of drug-likeness (QED) is 0.647. The molecule has 7 nitrogen and oxygen atoms in total. The van der Waals surface area contributed by atoms with Crippen molar-refractivity contribution in [3.8, 4) is 5.75 Å². The van der Waals surface area contributed by atoms with Crippen LogP contribution in [0.25, 0.3) is 0 Å². The maximum Gasteiger partial charge on any atom is 0.418 e. The van der Waals surface area contributed by atoms with Crippen LogP contribution < -0.4 is 15.0 Å². The van der Waals surface area contributed by atoms with Crippen molar-refractivity contribution in [2.75, 3.05) is 30.5 Å². The number of nitrogens with zero attached hydrogens (tertiary/aromatic N) is 1. The van der Waals surface area contributed by atoms with Crippen LogP contribution in [0, 0.1) is 5.92 Å². The zero-order valence-corrected chi connectivity index (χ0v) is 17.5. The Morgan fingerprint density at radius 1 is 1.22 bits per heavy atom.